The number of methoxy groups -OCH3 is 1. The van der Waals surface area contributed by atoms with Crippen LogP contribution in [0.3, 0.4) is 0 Å². The lowest BCUT2D eigenvalue weighted by Crippen LogP contribution is -2.32. The zero-order valence-electron chi connectivity index (χ0n) is 17.8. The Morgan fingerprint density at radius 1 is 1.26 bits per heavy atom. The largest absolute Gasteiger partial charge is 0.492 e. The van der Waals surface area contributed by atoms with E-state index in [0.29, 0.717) is 45.7 Å². The average Bonchev–Trinajstić information content (AvgIpc) is 2.98. The third kappa shape index (κ3) is 5.84. The lowest BCUT2D eigenvalue weighted by molar-refractivity contribution is -0.122. The van der Waals surface area contributed by atoms with Crippen LogP contribution in [0, 0.1) is 5.92 Å². The summed E-state index contributed by atoms with van der Waals surface area (Å²) in [6.07, 6.45) is 1.86. The second-order valence-corrected chi connectivity index (χ2v) is 9.56. The molecule has 2 aromatic carbocycles. The number of rotatable bonds is 7. The van der Waals surface area contributed by atoms with Crippen LogP contribution < -0.4 is 9.47 Å². The van der Waals surface area contributed by atoms with Crippen LogP contribution in [0.15, 0.2) is 50.8 Å². The molecule has 0 bridgehead atoms. The smallest absolute Gasteiger partial charge is 0.266 e. The highest BCUT2D eigenvalue weighted by molar-refractivity contribution is 9.10. The molecule has 1 amide bonds. The minimum absolute atomic E-state index is 0.0590. The van der Waals surface area contributed by atoms with E-state index in [1.165, 1.54) is 11.8 Å². The summed E-state index contributed by atoms with van der Waals surface area (Å²) >= 11 is 10.9. The highest BCUT2D eigenvalue weighted by Crippen LogP contribution is 2.39. The number of benzene rings is 2. The lowest BCUT2D eigenvalue weighted by Gasteiger charge is -2.17. The molecule has 0 unspecified atom stereocenters. The number of halogens is 2. The van der Waals surface area contributed by atoms with Crippen LogP contribution in [0.5, 0.6) is 11.5 Å². The Balaban J connectivity index is 1.99. The number of carbonyl (C=O) groups is 1. The molecule has 2 aromatic rings. The van der Waals surface area contributed by atoms with E-state index in [1.54, 1.807) is 24.1 Å². The molecule has 0 spiro atoms. The van der Waals surface area contributed by atoms with Crippen LogP contribution in [0.1, 0.15) is 26.3 Å². The third-order valence-corrected chi connectivity index (χ3v) is 6.17. The van der Waals surface area contributed by atoms with Gasteiger partial charge in [0.15, 0.2) is 16.7 Å². The molecule has 164 valence electrons. The van der Waals surface area contributed by atoms with Gasteiger partial charge in [-0.1, -0.05) is 25.4 Å². The second-order valence-electron chi connectivity index (χ2n) is 7.26. The fraction of sp³-hybridized carbons (Fsp3) is 0.304. The topological polar surface area (TPSA) is 51.1 Å². The molecule has 0 saturated carbocycles. The molecule has 1 aliphatic rings. The molecular formula is C23H24BrClN2O3S. The van der Waals surface area contributed by atoms with Crippen molar-refractivity contribution in [3.63, 3.8) is 0 Å². The molecule has 8 heteroatoms. The summed E-state index contributed by atoms with van der Waals surface area (Å²) in [5.41, 5.74) is 1.59. The van der Waals surface area contributed by atoms with Gasteiger partial charge in [-0.05, 0) is 88.6 Å². The Morgan fingerprint density at radius 2 is 1.97 bits per heavy atom. The molecule has 1 aliphatic heterocycles. The van der Waals surface area contributed by atoms with Gasteiger partial charge in [0, 0.05) is 11.6 Å². The van der Waals surface area contributed by atoms with Crippen molar-refractivity contribution in [1.82, 2.24) is 4.90 Å². The molecule has 3 rings (SSSR count). The van der Waals surface area contributed by atoms with Gasteiger partial charge in [-0.25, -0.2) is 4.99 Å². The van der Waals surface area contributed by atoms with Crippen molar-refractivity contribution in [3.8, 4) is 11.5 Å². The number of amidine groups is 1. The molecule has 0 radical (unpaired) electrons. The van der Waals surface area contributed by atoms with Crippen LogP contribution in [0.4, 0.5) is 5.69 Å². The summed E-state index contributed by atoms with van der Waals surface area (Å²) in [5.74, 6) is 1.49. The predicted molar refractivity (Wildman–Crippen MR) is 133 cm³/mol. The normalized spacial score (nSPS) is 16.6. The summed E-state index contributed by atoms with van der Waals surface area (Å²) in [5, 5.41) is 1.30. The number of hydrogen-bond acceptors (Lipinski definition) is 5. The third-order valence-electron chi connectivity index (χ3n) is 4.32. The van der Waals surface area contributed by atoms with Crippen molar-refractivity contribution in [2.75, 3.05) is 20.3 Å². The minimum Gasteiger partial charge on any atom is -0.492 e. The maximum atomic E-state index is 13.2. The quantitative estimate of drug-likeness (QED) is 0.376. The zero-order chi connectivity index (χ0) is 22.5. The van der Waals surface area contributed by atoms with Gasteiger partial charge in [-0.3, -0.25) is 9.69 Å². The molecule has 0 aliphatic carbocycles. The summed E-state index contributed by atoms with van der Waals surface area (Å²) < 4.78 is 11.9. The zero-order valence-corrected chi connectivity index (χ0v) is 21.0. The Kier molecular flexibility index (Phi) is 8.08. The maximum Gasteiger partial charge on any atom is 0.266 e. The molecule has 1 saturated heterocycles. The highest BCUT2D eigenvalue weighted by atomic mass is 79.9. The van der Waals surface area contributed by atoms with Crippen LogP contribution >= 0.6 is 39.3 Å². The summed E-state index contributed by atoms with van der Waals surface area (Å²) in [4.78, 5) is 20.2. The molecule has 1 heterocycles. The number of hydrogen-bond donors (Lipinski definition) is 0. The first kappa shape index (κ1) is 23.7. The van der Waals surface area contributed by atoms with Crippen molar-refractivity contribution in [2.24, 2.45) is 10.9 Å². The van der Waals surface area contributed by atoms with Crippen molar-refractivity contribution in [2.45, 2.75) is 20.8 Å². The number of ether oxygens (including phenoxy) is 2. The van der Waals surface area contributed by atoms with E-state index in [1.807, 2.05) is 37.3 Å². The summed E-state index contributed by atoms with van der Waals surface area (Å²) in [7, 11) is 1.60. The Hall–Kier alpha value is -1.96. The fourth-order valence-electron chi connectivity index (χ4n) is 3.03. The van der Waals surface area contributed by atoms with Crippen molar-refractivity contribution in [3.05, 3.63) is 56.4 Å². The Labute approximate surface area is 200 Å². The first-order valence-electron chi connectivity index (χ1n) is 9.88. The van der Waals surface area contributed by atoms with Crippen LogP contribution in [-0.2, 0) is 4.79 Å². The monoisotopic (exact) mass is 522 g/mol. The van der Waals surface area contributed by atoms with Gasteiger partial charge in [0.1, 0.15) is 0 Å². The molecule has 5 nitrogen and oxygen atoms in total. The van der Waals surface area contributed by atoms with E-state index in [4.69, 9.17) is 26.1 Å². The molecular weight excluding hydrogens is 500 g/mol. The number of carbonyl (C=O) groups excluding carboxylic acids is 1. The van der Waals surface area contributed by atoms with Gasteiger partial charge in [0.2, 0.25) is 0 Å². The van der Waals surface area contributed by atoms with Crippen molar-refractivity contribution >= 4 is 62.1 Å². The molecule has 31 heavy (non-hydrogen) atoms. The number of amides is 1. The van der Waals surface area contributed by atoms with Crippen molar-refractivity contribution in [1.29, 1.82) is 0 Å². The number of nitrogens with zero attached hydrogens (tertiary/aromatic N) is 2. The van der Waals surface area contributed by atoms with Gasteiger partial charge < -0.3 is 9.47 Å². The van der Waals surface area contributed by atoms with E-state index >= 15 is 0 Å². The van der Waals surface area contributed by atoms with E-state index in [2.05, 4.69) is 29.8 Å². The molecule has 0 aromatic heterocycles. The maximum absolute atomic E-state index is 13.2. The predicted octanol–water partition coefficient (Wildman–Crippen LogP) is 6.77. The van der Waals surface area contributed by atoms with E-state index < -0.39 is 0 Å². The van der Waals surface area contributed by atoms with Gasteiger partial charge >= 0.3 is 0 Å². The average molecular weight is 524 g/mol. The number of aliphatic imine (C=N–C) groups is 1. The van der Waals surface area contributed by atoms with Gasteiger partial charge in [-0.2, -0.15) is 0 Å². The molecule has 0 atom stereocenters. The summed E-state index contributed by atoms with van der Waals surface area (Å²) in [6.45, 7) is 7.17. The summed E-state index contributed by atoms with van der Waals surface area (Å²) in [6, 6.07) is 11.0. The van der Waals surface area contributed by atoms with Crippen LogP contribution in [0.25, 0.3) is 6.08 Å². The molecule has 0 N–H and O–H groups in total. The van der Waals surface area contributed by atoms with Crippen LogP contribution in [-0.4, -0.2) is 36.2 Å². The minimum atomic E-state index is -0.0590. The van der Waals surface area contributed by atoms with Gasteiger partial charge in [0.05, 0.1) is 28.8 Å². The first-order chi connectivity index (χ1) is 14.8. The molecule has 1 fully saturated rings. The standard InChI is InChI=1S/C23H24BrClN2O3S/c1-5-30-19-11-15(10-18(24)21(19)29-4)12-20-22(28)27(13-14(2)3)23(31-20)26-17-8-6-16(25)7-9-17/h6-12,14H,5,13H2,1-4H3/b20-12-,26-23?. The van der Waals surface area contributed by atoms with Crippen LogP contribution in [0.2, 0.25) is 5.02 Å². The van der Waals surface area contributed by atoms with E-state index in [0.717, 1.165) is 15.7 Å². The highest BCUT2D eigenvalue weighted by Gasteiger charge is 2.33. The van der Waals surface area contributed by atoms with E-state index in [9.17, 15) is 4.79 Å². The van der Waals surface area contributed by atoms with E-state index in [-0.39, 0.29) is 5.91 Å². The Bertz CT molecular complexity index is 1020. The van der Waals surface area contributed by atoms with Gasteiger partial charge in [-0.15, -0.1) is 0 Å². The SMILES string of the molecule is CCOc1cc(/C=C2\SC(=Nc3ccc(Cl)cc3)N(CC(C)C)C2=O)cc(Br)c1OC. The Morgan fingerprint density at radius 3 is 2.58 bits per heavy atom. The fourth-order valence-corrected chi connectivity index (χ4v) is 4.78. The number of thioether (sulfide) groups is 1. The van der Waals surface area contributed by atoms with Gasteiger partial charge in [0.25, 0.3) is 5.91 Å². The first-order valence-corrected chi connectivity index (χ1v) is 11.9. The lowest BCUT2D eigenvalue weighted by atomic mass is 10.1. The second kappa shape index (κ2) is 10.6. The van der Waals surface area contributed by atoms with Crippen molar-refractivity contribution < 1.29 is 14.3 Å².